The van der Waals surface area contributed by atoms with Gasteiger partial charge in [-0.1, -0.05) is 31.7 Å². The highest BCUT2D eigenvalue weighted by Gasteiger charge is 2.27. The first-order valence-electron chi connectivity index (χ1n) is 9.21. The van der Waals surface area contributed by atoms with Crippen molar-refractivity contribution in [3.63, 3.8) is 0 Å². The molecule has 0 bridgehead atoms. The fourth-order valence-corrected chi connectivity index (χ4v) is 4.16. The third kappa shape index (κ3) is 4.08. The van der Waals surface area contributed by atoms with Crippen LogP contribution in [-0.2, 0) is 13.0 Å². The lowest BCUT2D eigenvalue weighted by Gasteiger charge is -2.32. The molecule has 0 aromatic carbocycles. The highest BCUT2D eigenvalue weighted by atomic mass is 32.1. The summed E-state index contributed by atoms with van der Waals surface area (Å²) in [4.78, 5) is 19.9. The zero-order valence-corrected chi connectivity index (χ0v) is 16.1. The molecule has 2 aromatic heterocycles. The monoisotopic (exact) mass is 361 g/mol. The molecule has 0 unspecified atom stereocenters. The number of hydrogen-bond donors (Lipinski definition) is 0. The van der Waals surface area contributed by atoms with Crippen molar-refractivity contribution in [2.45, 2.75) is 58.9 Å². The summed E-state index contributed by atoms with van der Waals surface area (Å²) in [5.74, 6) is 2.30. The summed E-state index contributed by atoms with van der Waals surface area (Å²) in [5.41, 5.74) is 0.861. The van der Waals surface area contributed by atoms with E-state index < -0.39 is 0 Å². The number of aryl methyl sites for hydroxylation is 1. The number of likely N-dealkylation sites (tertiary alicyclic amines) is 1. The third-order valence-corrected chi connectivity index (χ3v) is 5.61. The van der Waals surface area contributed by atoms with Gasteiger partial charge in [-0.25, -0.2) is 4.98 Å². The summed E-state index contributed by atoms with van der Waals surface area (Å²) in [6.45, 7) is 9.09. The van der Waals surface area contributed by atoms with Crippen molar-refractivity contribution >= 4 is 17.4 Å². The Hall–Kier alpha value is -1.76. The van der Waals surface area contributed by atoms with Gasteiger partial charge in [-0.15, -0.1) is 5.10 Å². The molecule has 3 rings (SSSR count). The summed E-state index contributed by atoms with van der Waals surface area (Å²) >= 11 is 1.24. The molecule has 0 spiro atoms. The number of rotatable bonds is 6. The smallest absolute Gasteiger partial charge is 0.267 e. The highest BCUT2D eigenvalue weighted by Crippen LogP contribution is 2.24. The largest absolute Gasteiger partial charge is 0.338 e. The molecule has 1 fully saturated rings. The summed E-state index contributed by atoms with van der Waals surface area (Å²) in [5, 5.41) is 4.12. The number of imidazole rings is 1. The summed E-state index contributed by atoms with van der Waals surface area (Å²) < 4.78 is 6.26. The van der Waals surface area contributed by atoms with Crippen LogP contribution in [0.1, 0.15) is 67.1 Å². The Labute approximate surface area is 153 Å². The molecule has 1 saturated heterocycles. The van der Waals surface area contributed by atoms with Gasteiger partial charge in [-0.3, -0.25) is 4.79 Å². The zero-order chi connectivity index (χ0) is 17.8. The van der Waals surface area contributed by atoms with Gasteiger partial charge < -0.3 is 9.47 Å². The number of hydrogen-bond acceptors (Lipinski definition) is 5. The molecule has 0 aliphatic carbocycles. The first-order chi connectivity index (χ1) is 12.1. The van der Waals surface area contributed by atoms with Gasteiger partial charge in [0.2, 0.25) is 0 Å². The molecule has 0 atom stereocenters. The van der Waals surface area contributed by atoms with Crippen molar-refractivity contribution in [1.82, 2.24) is 24.0 Å². The number of amides is 1. The molecular formula is C18H27N5OS. The second-order valence-electron chi connectivity index (χ2n) is 7.13. The van der Waals surface area contributed by atoms with Gasteiger partial charge in [0, 0.05) is 37.9 Å². The van der Waals surface area contributed by atoms with Crippen molar-refractivity contribution in [3.05, 3.63) is 28.8 Å². The molecule has 3 heterocycles. The quantitative estimate of drug-likeness (QED) is 0.791. The van der Waals surface area contributed by atoms with E-state index in [2.05, 4.69) is 46.1 Å². The molecule has 7 heteroatoms. The van der Waals surface area contributed by atoms with E-state index in [1.165, 1.54) is 11.5 Å². The standard InChI is InChI=1S/C18H27N5OS/c1-4-5-15-16(25-21-20-15)18(24)22-9-6-14(7-10-22)12-23-11-8-19-17(23)13(2)3/h8,11,13-14H,4-7,9-10,12H2,1-3H3. The lowest BCUT2D eigenvalue weighted by atomic mass is 9.96. The van der Waals surface area contributed by atoms with Crippen LogP contribution in [0.4, 0.5) is 0 Å². The van der Waals surface area contributed by atoms with Crippen molar-refractivity contribution in [2.24, 2.45) is 5.92 Å². The number of carbonyl (C=O) groups excluding carboxylic acids is 1. The minimum Gasteiger partial charge on any atom is -0.338 e. The fourth-order valence-electron chi connectivity index (χ4n) is 3.49. The lowest BCUT2D eigenvalue weighted by molar-refractivity contribution is 0.0686. The predicted molar refractivity (Wildman–Crippen MR) is 98.8 cm³/mol. The van der Waals surface area contributed by atoms with Crippen LogP contribution < -0.4 is 0 Å². The summed E-state index contributed by atoms with van der Waals surface area (Å²) in [7, 11) is 0. The van der Waals surface area contributed by atoms with Gasteiger partial charge in [0.25, 0.3) is 5.91 Å². The Morgan fingerprint density at radius 1 is 1.36 bits per heavy atom. The molecule has 1 aliphatic heterocycles. The maximum absolute atomic E-state index is 12.8. The van der Waals surface area contributed by atoms with Crippen LogP contribution in [0, 0.1) is 5.92 Å². The van der Waals surface area contributed by atoms with Crippen LogP contribution in [0.15, 0.2) is 12.4 Å². The molecule has 136 valence electrons. The van der Waals surface area contributed by atoms with Crippen LogP contribution in [0.5, 0.6) is 0 Å². The Kier molecular flexibility index (Phi) is 5.83. The van der Waals surface area contributed by atoms with Crippen LogP contribution >= 0.6 is 11.5 Å². The van der Waals surface area contributed by atoms with E-state index >= 15 is 0 Å². The molecule has 25 heavy (non-hydrogen) atoms. The van der Waals surface area contributed by atoms with Crippen molar-refractivity contribution in [2.75, 3.05) is 13.1 Å². The van der Waals surface area contributed by atoms with E-state index in [9.17, 15) is 4.79 Å². The predicted octanol–water partition coefficient (Wildman–Crippen LogP) is 3.36. The van der Waals surface area contributed by atoms with Gasteiger partial charge in [-0.2, -0.15) is 0 Å². The molecule has 2 aromatic rings. The fraction of sp³-hybridized carbons (Fsp3) is 0.667. The van der Waals surface area contributed by atoms with Crippen molar-refractivity contribution in [3.8, 4) is 0 Å². The van der Waals surface area contributed by atoms with Crippen LogP contribution in [0.25, 0.3) is 0 Å². The van der Waals surface area contributed by atoms with E-state index in [0.717, 1.165) is 61.7 Å². The SMILES string of the molecule is CCCc1nnsc1C(=O)N1CCC(Cn2ccnc2C(C)C)CC1. The zero-order valence-electron chi connectivity index (χ0n) is 15.3. The van der Waals surface area contributed by atoms with Gasteiger partial charge >= 0.3 is 0 Å². The first-order valence-corrected chi connectivity index (χ1v) is 9.99. The summed E-state index contributed by atoms with van der Waals surface area (Å²) in [6.07, 6.45) is 7.85. The first kappa shape index (κ1) is 18.0. The summed E-state index contributed by atoms with van der Waals surface area (Å²) in [6, 6.07) is 0. The van der Waals surface area contributed by atoms with Gasteiger partial charge in [-0.05, 0) is 36.7 Å². The number of aromatic nitrogens is 4. The van der Waals surface area contributed by atoms with Gasteiger partial charge in [0.15, 0.2) is 0 Å². The minimum absolute atomic E-state index is 0.113. The Balaban J connectivity index is 1.57. The average Bonchev–Trinajstić information content (AvgIpc) is 3.24. The molecule has 0 N–H and O–H groups in total. The average molecular weight is 362 g/mol. The highest BCUT2D eigenvalue weighted by molar-refractivity contribution is 7.08. The Morgan fingerprint density at radius 3 is 2.80 bits per heavy atom. The van der Waals surface area contributed by atoms with E-state index in [1.807, 2.05) is 11.1 Å². The maximum Gasteiger partial charge on any atom is 0.267 e. The molecular weight excluding hydrogens is 334 g/mol. The van der Waals surface area contributed by atoms with Crippen LogP contribution in [0.2, 0.25) is 0 Å². The van der Waals surface area contributed by atoms with E-state index in [1.54, 1.807) is 0 Å². The van der Waals surface area contributed by atoms with Crippen LogP contribution in [-0.4, -0.2) is 43.0 Å². The van der Waals surface area contributed by atoms with E-state index in [4.69, 9.17) is 0 Å². The maximum atomic E-state index is 12.8. The molecule has 1 aliphatic rings. The van der Waals surface area contributed by atoms with Gasteiger partial charge in [0.1, 0.15) is 10.7 Å². The number of piperidine rings is 1. The topological polar surface area (TPSA) is 63.9 Å². The normalized spacial score (nSPS) is 15.9. The molecule has 1 amide bonds. The van der Waals surface area contributed by atoms with E-state index in [0.29, 0.717) is 11.8 Å². The molecule has 6 nitrogen and oxygen atoms in total. The van der Waals surface area contributed by atoms with Gasteiger partial charge in [0.05, 0.1) is 5.69 Å². The molecule has 0 saturated carbocycles. The van der Waals surface area contributed by atoms with Crippen LogP contribution in [0.3, 0.4) is 0 Å². The van der Waals surface area contributed by atoms with Crippen molar-refractivity contribution < 1.29 is 4.79 Å². The Morgan fingerprint density at radius 2 is 2.12 bits per heavy atom. The second-order valence-corrected chi connectivity index (χ2v) is 7.88. The number of carbonyl (C=O) groups is 1. The molecule has 0 radical (unpaired) electrons. The number of nitrogens with zero attached hydrogens (tertiary/aromatic N) is 5. The minimum atomic E-state index is 0.113. The lowest BCUT2D eigenvalue weighted by Crippen LogP contribution is -2.39. The van der Waals surface area contributed by atoms with E-state index in [-0.39, 0.29) is 5.91 Å². The second kappa shape index (κ2) is 8.08. The van der Waals surface area contributed by atoms with Crippen molar-refractivity contribution in [1.29, 1.82) is 0 Å². The third-order valence-electron chi connectivity index (χ3n) is 4.86. The Bertz CT molecular complexity index is 700.